The molecular formula is C132H108B4O12S2. The van der Waals surface area contributed by atoms with E-state index in [-0.39, 0.29) is 40.7 Å². The molecule has 150 heavy (non-hydrogen) atoms. The number of hydrogen-bond donors (Lipinski definition) is 0. The Morgan fingerprint density at radius 1 is 0.180 bits per heavy atom. The fraction of sp³-hybridized carbons (Fsp3) is 0.182. The number of rotatable bonds is 8. The number of fused-ring (bicyclic) bond motifs is 28. The van der Waals surface area contributed by atoms with Gasteiger partial charge in [-0.1, -0.05) is 279 Å². The Bertz CT molecular complexity index is 10000. The lowest BCUT2D eigenvalue weighted by molar-refractivity contribution is 0.00578. The van der Waals surface area contributed by atoms with Crippen molar-refractivity contribution in [2.45, 2.75) is 156 Å². The van der Waals surface area contributed by atoms with E-state index in [4.69, 9.17) is 54.9 Å². The summed E-state index contributed by atoms with van der Waals surface area (Å²) >= 11 is 3.65. The van der Waals surface area contributed by atoms with Crippen LogP contribution in [0.4, 0.5) is 0 Å². The van der Waals surface area contributed by atoms with E-state index in [1.165, 1.54) is 111 Å². The average Bonchev–Trinajstić information content (AvgIpc) is 1.27. The summed E-state index contributed by atoms with van der Waals surface area (Å²) in [6.45, 7) is 33.6. The average molecular weight is 1990 g/mol. The highest BCUT2D eigenvalue weighted by molar-refractivity contribution is 7.27. The predicted octanol–water partition coefficient (Wildman–Crippen LogP) is 33.9. The van der Waals surface area contributed by atoms with E-state index in [9.17, 15) is 0 Å². The maximum Gasteiger partial charge on any atom is 0.496 e. The second-order valence-corrected chi connectivity index (χ2v) is 46.9. The first kappa shape index (κ1) is 94.0. The third-order valence-corrected chi connectivity index (χ3v) is 36.1. The van der Waals surface area contributed by atoms with Crippen LogP contribution >= 0.6 is 22.7 Å². The standard InChI is InChI=1S/2C34H27BO3S.2C32H27BO3/c1-33(2)34(3,4)38-35(37-33)26-12-8-14-29-31(26)30-22(11-7-13-28(30)39-29)21-16-17-24-25-18-15-20-9-5-6-10-23(20)32(25)36-27(24)19-21;1-33(2)34(3,4)38-35(37-33)27-17-10-16-23-22-14-9-15-24(31(22)39-32(23)27)26-19-20-11-5-6-12-21(20)30-29(26)25-13-7-8-18-28(25)36-30;1-31(2)32(3,4)36-33(35-31)28-11-7-9-21-12-13-22(18-26(21)28)23-15-17-29-27(19-23)25-16-14-20-8-5-6-10-24(20)30(25)34-29;1-31(2)32(3,4)36-33(35-31)24-16-14-21-18-23(13-12-22(21)19-24)25-10-7-11-28-29(25)27-17-15-20-8-5-6-9-26(20)30(27)34-28/h2*5-19H,1-4H3;2*5-19H,1-4H3. The lowest BCUT2D eigenvalue weighted by Gasteiger charge is -2.32. The molecule has 4 aliphatic heterocycles. The molecule has 0 saturated carbocycles. The quantitative estimate of drug-likeness (QED) is 0.134. The molecule has 0 bridgehead atoms. The molecule has 0 spiro atoms. The maximum absolute atomic E-state index is 6.52. The minimum absolute atomic E-state index is 0.353. The molecule has 4 aliphatic rings. The van der Waals surface area contributed by atoms with Gasteiger partial charge in [0, 0.05) is 111 Å². The summed E-state index contributed by atoms with van der Waals surface area (Å²) < 4.78 is 82.0. The summed E-state index contributed by atoms with van der Waals surface area (Å²) in [6.07, 6.45) is 0. The third-order valence-electron chi connectivity index (χ3n) is 33.7. The number of thiophene rings is 2. The van der Waals surface area contributed by atoms with Gasteiger partial charge in [-0.15, -0.1) is 22.7 Å². The van der Waals surface area contributed by atoms with Crippen LogP contribution in [0.1, 0.15) is 111 Å². The largest absolute Gasteiger partial charge is 0.496 e. The molecule has 6 aromatic heterocycles. The zero-order valence-corrected chi connectivity index (χ0v) is 88.3. The monoisotopic (exact) mass is 1990 g/mol. The number of hydrogen-bond acceptors (Lipinski definition) is 14. The molecule has 20 aromatic carbocycles. The molecule has 18 heteroatoms. The lowest BCUT2D eigenvalue weighted by atomic mass is 9.75. The van der Waals surface area contributed by atoms with Crippen molar-refractivity contribution in [1.82, 2.24) is 0 Å². The first-order chi connectivity index (χ1) is 72.2. The molecule has 26 aromatic rings. The third kappa shape index (κ3) is 15.2. The highest BCUT2D eigenvalue weighted by Gasteiger charge is 2.56. The second kappa shape index (κ2) is 34.5. The second-order valence-electron chi connectivity index (χ2n) is 44.8. The zero-order valence-electron chi connectivity index (χ0n) is 86.7. The molecule has 0 aliphatic carbocycles. The Kier molecular flexibility index (Phi) is 21.7. The van der Waals surface area contributed by atoms with Crippen LogP contribution < -0.4 is 21.9 Å². The van der Waals surface area contributed by atoms with Crippen LogP contribution in [-0.4, -0.2) is 73.3 Å². The minimum atomic E-state index is -0.421. The zero-order chi connectivity index (χ0) is 102. The summed E-state index contributed by atoms with van der Waals surface area (Å²) in [5.41, 5.74) is 18.1. The van der Waals surface area contributed by atoms with Gasteiger partial charge < -0.3 is 54.9 Å². The van der Waals surface area contributed by atoms with E-state index in [1.54, 1.807) is 0 Å². The van der Waals surface area contributed by atoms with Crippen LogP contribution in [-0.2, 0) is 37.2 Å². The topological polar surface area (TPSA) is 126 Å². The number of para-hydroxylation sites is 1. The van der Waals surface area contributed by atoms with Gasteiger partial charge in [-0.2, -0.15) is 0 Å². The van der Waals surface area contributed by atoms with Crippen molar-refractivity contribution in [3.05, 3.63) is 364 Å². The van der Waals surface area contributed by atoms with Gasteiger partial charge in [0.1, 0.15) is 44.7 Å². The van der Waals surface area contributed by atoms with Crippen molar-refractivity contribution in [2.75, 3.05) is 0 Å². The van der Waals surface area contributed by atoms with E-state index in [1.807, 2.05) is 28.7 Å². The lowest BCUT2D eigenvalue weighted by Crippen LogP contribution is -2.41. The Balaban J connectivity index is 0.0000000984. The van der Waals surface area contributed by atoms with Crippen LogP contribution in [0.25, 0.3) is 237 Å². The molecule has 10 heterocycles. The van der Waals surface area contributed by atoms with Crippen molar-refractivity contribution >= 4 is 266 Å². The van der Waals surface area contributed by atoms with E-state index < -0.39 is 32.6 Å². The van der Waals surface area contributed by atoms with Crippen LogP contribution in [0, 0.1) is 0 Å². The molecule has 732 valence electrons. The summed E-state index contributed by atoms with van der Waals surface area (Å²) in [7, 11) is -1.58. The summed E-state index contributed by atoms with van der Waals surface area (Å²) in [4.78, 5) is 0. The molecule has 0 radical (unpaired) electrons. The van der Waals surface area contributed by atoms with Crippen molar-refractivity contribution in [3.8, 4) is 44.5 Å². The van der Waals surface area contributed by atoms with Crippen LogP contribution in [0.2, 0.25) is 0 Å². The number of furan rings is 4. The van der Waals surface area contributed by atoms with Gasteiger partial charge in [-0.25, -0.2) is 0 Å². The van der Waals surface area contributed by atoms with Gasteiger partial charge in [0.25, 0.3) is 0 Å². The Hall–Kier alpha value is -14.5. The van der Waals surface area contributed by atoms with Crippen LogP contribution in [0.5, 0.6) is 0 Å². The molecular weight excluding hydrogens is 1880 g/mol. The fourth-order valence-corrected chi connectivity index (χ4v) is 25.2. The SMILES string of the molecule is CC1(C)OB(c2ccc3cc(-c4cccc5oc6c7ccccc7ccc6c45)ccc3c2)OC1(C)C.CC1(C)OB(c2cccc3c2sc2c(-c4cc5ccccc5c5oc6ccccc6c45)cccc23)OC1(C)C.CC1(C)OB(c2cccc3ccc(-c4ccc5oc6c7ccccc7ccc6c5c4)cc23)OC1(C)C.CC1(C)OB(c2cccc3sc4cccc(-c5ccc6c(c5)oc5c7ccccc7ccc65)c4c23)OC1(C)C. The molecule has 4 saturated heterocycles. The maximum atomic E-state index is 6.52. The summed E-state index contributed by atoms with van der Waals surface area (Å²) in [6, 6.07) is 129. The Morgan fingerprint density at radius 2 is 0.560 bits per heavy atom. The minimum Gasteiger partial charge on any atom is -0.455 e. The number of benzene rings is 20. The molecule has 0 atom stereocenters. The van der Waals surface area contributed by atoms with E-state index in [0.717, 1.165) is 148 Å². The van der Waals surface area contributed by atoms with Gasteiger partial charge >= 0.3 is 28.5 Å². The molecule has 30 rings (SSSR count). The smallest absolute Gasteiger partial charge is 0.455 e. The highest BCUT2D eigenvalue weighted by atomic mass is 32.1. The normalized spacial score (nSPS) is 17.0. The highest BCUT2D eigenvalue weighted by Crippen LogP contribution is 2.52. The van der Waals surface area contributed by atoms with Gasteiger partial charge in [0.15, 0.2) is 0 Å². The summed E-state index contributed by atoms with van der Waals surface area (Å²) in [5, 5.41) is 28.1. The Morgan fingerprint density at radius 3 is 1.21 bits per heavy atom. The van der Waals surface area contributed by atoms with Crippen molar-refractivity contribution in [2.24, 2.45) is 0 Å². The molecule has 0 amide bonds. The van der Waals surface area contributed by atoms with Gasteiger partial charge in [0.05, 0.1) is 44.8 Å². The fourth-order valence-electron chi connectivity index (χ4n) is 22.6. The van der Waals surface area contributed by atoms with Crippen LogP contribution in [0.3, 0.4) is 0 Å². The van der Waals surface area contributed by atoms with Crippen molar-refractivity contribution in [3.63, 3.8) is 0 Å². The van der Waals surface area contributed by atoms with Crippen molar-refractivity contribution < 1.29 is 54.9 Å². The molecule has 4 fully saturated rings. The molecule has 0 unspecified atom stereocenters. The Labute approximate surface area is 878 Å². The first-order valence-corrected chi connectivity index (χ1v) is 53.6. The van der Waals surface area contributed by atoms with Gasteiger partial charge in [-0.3, -0.25) is 0 Å². The molecule has 0 N–H and O–H groups in total. The summed E-state index contributed by atoms with van der Waals surface area (Å²) in [5.74, 6) is 0. The van der Waals surface area contributed by atoms with E-state index >= 15 is 0 Å². The first-order valence-electron chi connectivity index (χ1n) is 52.0. The van der Waals surface area contributed by atoms with Crippen molar-refractivity contribution in [1.29, 1.82) is 0 Å². The predicted molar refractivity (Wildman–Crippen MR) is 630 cm³/mol. The molecule has 12 nitrogen and oxygen atoms in total. The van der Waals surface area contributed by atoms with Gasteiger partial charge in [-0.05, 0) is 300 Å². The van der Waals surface area contributed by atoms with Gasteiger partial charge in [0.2, 0.25) is 0 Å². The van der Waals surface area contributed by atoms with Crippen LogP contribution in [0.15, 0.2) is 382 Å². The van der Waals surface area contributed by atoms with E-state index in [2.05, 4.69) is 469 Å². The van der Waals surface area contributed by atoms with E-state index in [0.29, 0.717) is 0 Å².